The van der Waals surface area contributed by atoms with E-state index in [4.69, 9.17) is 0 Å². The summed E-state index contributed by atoms with van der Waals surface area (Å²) in [6, 6.07) is 12.4. The number of nitrogens with zero attached hydrogens (tertiary/aromatic N) is 4. The SMILES string of the molecule is CCn1c(CC(=O)Nc2ccccc2F)nnc1SCc1ccccc1[N+](=O)[O-]. The minimum Gasteiger partial charge on any atom is -0.323 e. The van der Waals surface area contributed by atoms with Gasteiger partial charge in [-0.25, -0.2) is 4.39 Å². The molecular weight excluding hydrogens is 397 g/mol. The highest BCUT2D eigenvalue weighted by molar-refractivity contribution is 7.98. The van der Waals surface area contributed by atoms with Gasteiger partial charge in [0.15, 0.2) is 5.16 Å². The zero-order valence-corrected chi connectivity index (χ0v) is 16.4. The topological polar surface area (TPSA) is 103 Å². The van der Waals surface area contributed by atoms with Gasteiger partial charge in [0, 0.05) is 23.9 Å². The third kappa shape index (κ3) is 4.96. The van der Waals surface area contributed by atoms with Gasteiger partial charge in [-0.3, -0.25) is 14.9 Å². The number of hydrogen-bond donors (Lipinski definition) is 1. The van der Waals surface area contributed by atoms with Crippen LogP contribution in [0.4, 0.5) is 15.8 Å². The maximum atomic E-state index is 13.7. The molecule has 0 radical (unpaired) electrons. The molecule has 3 rings (SSSR count). The van der Waals surface area contributed by atoms with E-state index in [-0.39, 0.29) is 17.8 Å². The molecule has 1 N–H and O–H groups in total. The van der Waals surface area contributed by atoms with Crippen molar-refractivity contribution in [2.75, 3.05) is 5.32 Å². The van der Waals surface area contributed by atoms with Gasteiger partial charge in [-0.05, 0) is 19.1 Å². The van der Waals surface area contributed by atoms with Crippen LogP contribution < -0.4 is 5.32 Å². The van der Waals surface area contributed by atoms with Gasteiger partial charge in [0.05, 0.1) is 17.0 Å². The Morgan fingerprint density at radius 2 is 1.93 bits per heavy atom. The molecule has 1 amide bonds. The summed E-state index contributed by atoms with van der Waals surface area (Å²) in [5, 5.41) is 22.4. The molecule has 1 heterocycles. The molecule has 0 aliphatic heterocycles. The lowest BCUT2D eigenvalue weighted by Crippen LogP contribution is -2.18. The molecule has 0 bridgehead atoms. The number of carbonyl (C=O) groups excluding carboxylic acids is 1. The normalized spacial score (nSPS) is 10.7. The van der Waals surface area contributed by atoms with E-state index in [1.54, 1.807) is 34.9 Å². The highest BCUT2D eigenvalue weighted by Gasteiger charge is 2.18. The van der Waals surface area contributed by atoms with Crippen molar-refractivity contribution in [3.05, 3.63) is 75.9 Å². The number of nitro groups is 1. The van der Waals surface area contributed by atoms with Crippen molar-refractivity contribution in [2.24, 2.45) is 0 Å². The Hall–Kier alpha value is -3.27. The molecule has 29 heavy (non-hydrogen) atoms. The Kier molecular flexibility index (Phi) is 6.55. The number of thioether (sulfide) groups is 1. The second-order valence-corrected chi connectivity index (χ2v) is 6.96. The van der Waals surface area contributed by atoms with Crippen LogP contribution in [-0.2, 0) is 23.5 Å². The number of benzene rings is 2. The van der Waals surface area contributed by atoms with Crippen molar-refractivity contribution in [2.45, 2.75) is 30.8 Å². The van der Waals surface area contributed by atoms with Crippen LogP contribution in [0.3, 0.4) is 0 Å². The van der Waals surface area contributed by atoms with Gasteiger partial charge in [0.25, 0.3) is 5.69 Å². The van der Waals surface area contributed by atoms with E-state index < -0.39 is 16.6 Å². The van der Waals surface area contributed by atoms with E-state index in [2.05, 4.69) is 15.5 Å². The first-order valence-electron chi connectivity index (χ1n) is 8.81. The minimum atomic E-state index is -0.515. The van der Waals surface area contributed by atoms with Crippen molar-refractivity contribution >= 4 is 29.0 Å². The van der Waals surface area contributed by atoms with E-state index in [0.29, 0.717) is 28.8 Å². The molecule has 8 nitrogen and oxygen atoms in total. The predicted molar refractivity (Wildman–Crippen MR) is 107 cm³/mol. The molecule has 0 atom stereocenters. The molecular formula is C19H18FN5O3S. The molecule has 150 valence electrons. The summed E-state index contributed by atoms with van der Waals surface area (Å²) in [5.74, 6) is -0.145. The fourth-order valence-electron chi connectivity index (χ4n) is 2.73. The number of nitrogens with one attached hydrogen (secondary N) is 1. The molecule has 0 aliphatic rings. The fraction of sp³-hybridized carbons (Fsp3) is 0.211. The maximum Gasteiger partial charge on any atom is 0.273 e. The van der Waals surface area contributed by atoms with Gasteiger partial charge < -0.3 is 9.88 Å². The standard InChI is InChI=1S/C19H18FN5O3S/c1-2-24-17(11-18(26)21-15-9-5-4-8-14(15)20)22-23-19(24)29-12-13-7-3-6-10-16(13)25(27)28/h3-10H,2,11-12H2,1H3,(H,21,26). The summed E-state index contributed by atoms with van der Waals surface area (Å²) >= 11 is 1.30. The summed E-state index contributed by atoms with van der Waals surface area (Å²) in [5.41, 5.74) is 0.727. The maximum absolute atomic E-state index is 13.7. The summed E-state index contributed by atoms with van der Waals surface area (Å²) in [6.07, 6.45) is -0.0682. The second kappa shape index (κ2) is 9.28. The molecule has 0 aliphatic carbocycles. The van der Waals surface area contributed by atoms with Crippen LogP contribution >= 0.6 is 11.8 Å². The average molecular weight is 415 g/mol. The number of aromatic nitrogens is 3. The molecule has 1 aromatic heterocycles. The van der Waals surface area contributed by atoms with Crippen LogP contribution in [0.15, 0.2) is 53.7 Å². The minimum absolute atomic E-state index is 0.0482. The van der Waals surface area contributed by atoms with Crippen molar-refractivity contribution in [3.8, 4) is 0 Å². The second-order valence-electron chi connectivity index (χ2n) is 6.02. The smallest absolute Gasteiger partial charge is 0.273 e. The van der Waals surface area contributed by atoms with Crippen LogP contribution in [0.1, 0.15) is 18.3 Å². The van der Waals surface area contributed by atoms with Gasteiger partial charge in [0.2, 0.25) is 5.91 Å². The van der Waals surface area contributed by atoms with E-state index in [1.165, 1.54) is 30.0 Å². The zero-order valence-electron chi connectivity index (χ0n) is 15.5. The van der Waals surface area contributed by atoms with Crippen LogP contribution in [-0.4, -0.2) is 25.6 Å². The number of anilines is 1. The number of para-hydroxylation sites is 2. The number of nitro benzene ring substituents is 1. The quantitative estimate of drug-likeness (QED) is 0.341. The third-order valence-corrected chi connectivity index (χ3v) is 5.14. The van der Waals surface area contributed by atoms with Gasteiger partial charge in [-0.1, -0.05) is 42.1 Å². The van der Waals surface area contributed by atoms with E-state index in [9.17, 15) is 19.3 Å². The lowest BCUT2D eigenvalue weighted by atomic mass is 10.2. The van der Waals surface area contributed by atoms with Crippen LogP contribution in [0.5, 0.6) is 0 Å². The highest BCUT2D eigenvalue weighted by Crippen LogP contribution is 2.27. The molecule has 0 saturated heterocycles. The van der Waals surface area contributed by atoms with E-state index >= 15 is 0 Å². The van der Waals surface area contributed by atoms with Crippen molar-refractivity contribution in [3.63, 3.8) is 0 Å². The lowest BCUT2D eigenvalue weighted by molar-refractivity contribution is -0.385. The zero-order chi connectivity index (χ0) is 20.8. The number of carbonyl (C=O) groups is 1. The first kappa shape index (κ1) is 20.5. The third-order valence-electron chi connectivity index (χ3n) is 4.12. The Morgan fingerprint density at radius 1 is 1.21 bits per heavy atom. The monoisotopic (exact) mass is 415 g/mol. The molecule has 0 spiro atoms. The van der Waals surface area contributed by atoms with Gasteiger partial charge in [-0.2, -0.15) is 0 Å². The average Bonchev–Trinajstić information content (AvgIpc) is 3.09. The summed E-state index contributed by atoms with van der Waals surface area (Å²) in [6.45, 7) is 2.41. The molecule has 10 heteroatoms. The Labute approximate surface area is 170 Å². The molecule has 0 saturated carbocycles. The van der Waals surface area contributed by atoms with Crippen molar-refractivity contribution in [1.82, 2.24) is 14.8 Å². The molecule has 3 aromatic rings. The van der Waals surface area contributed by atoms with Gasteiger partial charge in [-0.15, -0.1) is 10.2 Å². The fourth-order valence-corrected chi connectivity index (χ4v) is 3.75. The number of rotatable bonds is 8. The number of halogens is 1. The number of hydrogen-bond acceptors (Lipinski definition) is 6. The molecule has 0 fully saturated rings. The van der Waals surface area contributed by atoms with Crippen LogP contribution in [0.25, 0.3) is 0 Å². The number of amides is 1. The Bertz CT molecular complexity index is 1040. The molecule has 0 unspecified atom stereocenters. The van der Waals surface area contributed by atoms with Crippen LogP contribution in [0.2, 0.25) is 0 Å². The van der Waals surface area contributed by atoms with Gasteiger partial charge in [0.1, 0.15) is 11.6 Å². The summed E-state index contributed by atoms with van der Waals surface area (Å²) in [7, 11) is 0. The Morgan fingerprint density at radius 3 is 2.66 bits per heavy atom. The van der Waals surface area contributed by atoms with Gasteiger partial charge >= 0.3 is 0 Å². The van der Waals surface area contributed by atoms with Crippen LogP contribution in [0, 0.1) is 15.9 Å². The van der Waals surface area contributed by atoms with E-state index in [0.717, 1.165) is 0 Å². The first-order valence-corrected chi connectivity index (χ1v) is 9.79. The largest absolute Gasteiger partial charge is 0.323 e. The first-order chi connectivity index (χ1) is 14.0. The molecule has 2 aromatic carbocycles. The Balaban J connectivity index is 1.70. The predicted octanol–water partition coefficient (Wildman–Crippen LogP) is 3.82. The summed E-state index contributed by atoms with van der Waals surface area (Å²) in [4.78, 5) is 23.0. The summed E-state index contributed by atoms with van der Waals surface area (Å²) < 4.78 is 15.5. The highest BCUT2D eigenvalue weighted by atomic mass is 32.2. The van der Waals surface area contributed by atoms with Crippen molar-refractivity contribution < 1.29 is 14.1 Å². The van der Waals surface area contributed by atoms with E-state index in [1.807, 2.05) is 6.92 Å². The lowest BCUT2D eigenvalue weighted by Gasteiger charge is -2.08. The van der Waals surface area contributed by atoms with Crippen molar-refractivity contribution in [1.29, 1.82) is 0 Å².